The number of H-pyrrole nitrogens is 1. The number of nitrogens with one attached hydrogen (secondary N) is 1. The molecule has 2 aromatic heterocycles. The van der Waals surface area contributed by atoms with Crippen molar-refractivity contribution in [1.82, 2.24) is 24.0 Å². The van der Waals surface area contributed by atoms with Crippen molar-refractivity contribution in [1.29, 1.82) is 0 Å². The average molecular weight is 379 g/mol. The number of nitrogens with zero attached hydrogens (tertiary/aromatic N) is 4. The molecule has 5 rings (SSSR count). The van der Waals surface area contributed by atoms with Crippen LogP contribution in [0.25, 0.3) is 11.2 Å². The summed E-state index contributed by atoms with van der Waals surface area (Å²) in [7, 11) is 3.15. The second kappa shape index (κ2) is 6.44. The van der Waals surface area contributed by atoms with Gasteiger partial charge in [-0.3, -0.25) is 18.8 Å². The molecule has 3 atom stereocenters. The maximum Gasteiger partial charge on any atom is 0.332 e. The van der Waals surface area contributed by atoms with Crippen molar-refractivity contribution < 1.29 is 0 Å². The Morgan fingerprint density at radius 1 is 1.11 bits per heavy atom. The Morgan fingerprint density at radius 2 is 1.89 bits per heavy atom. The first-order chi connectivity index (χ1) is 13.5. The third-order valence-electron chi connectivity index (χ3n) is 6.67. The van der Waals surface area contributed by atoms with Crippen LogP contribution >= 0.6 is 0 Å². The molecule has 7 heteroatoms. The Kier molecular flexibility index (Phi) is 4.01. The van der Waals surface area contributed by atoms with E-state index in [1.807, 2.05) is 0 Å². The minimum absolute atomic E-state index is 0.320. The molecule has 0 amide bonds. The van der Waals surface area contributed by atoms with Gasteiger partial charge in [0.1, 0.15) is 11.3 Å². The number of hydrogen-bond acceptors (Lipinski definition) is 4. The summed E-state index contributed by atoms with van der Waals surface area (Å²) >= 11 is 0. The van der Waals surface area contributed by atoms with Crippen molar-refractivity contribution in [2.45, 2.75) is 37.8 Å². The highest BCUT2D eigenvalue weighted by atomic mass is 16.2. The maximum atomic E-state index is 12.4. The minimum Gasteiger partial charge on any atom is -0.335 e. The lowest BCUT2D eigenvalue weighted by Crippen LogP contribution is -2.36. The molecule has 2 fully saturated rings. The number of rotatable bonds is 3. The van der Waals surface area contributed by atoms with Gasteiger partial charge in [0.05, 0.1) is 6.54 Å². The van der Waals surface area contributed by atoms with Crippen LogP contribution < -0.4 is 11.2 Å². The minimum atomic E-state index is -0.350. The van der Waals surface area contributed by atoms with Gasteiger partial charge >= 0.3 is 5.69 Å². The molecule has 1 aromatic carbocycles. The number of aromatic amines is 1. The lowest BCUT2D eigenvalue weighted by molar-refractivity contribution is 0.228. The molecule has 3 aromatic rings. The molecule has 1 aliphatic heterocycles. The lowest BCUT2D eigenvalue weighted by atomic mass is 9.87. The number of benzene rings is 1. The fraction of sp³-hybridized carbons (Fsp3) is 0.476. The van der Waals surface area contributed by atoms with Crippen LogP contribution in [0.2, 0.25) is 0 Å². The second-order valence-electron chi connectivity index (χ2n) is 8.20. The Balaban J connectivity index is 1.48. The number of imidazole rings is 1. The first kappa shape index (κ1) is 17.4. The van der Waals surface area contributed by atoms with Gasteiger partial charge in [0.2, 0.25) is 0 Å². The van der Waals surface area contributed by atoms with Crippen LogP contribution in [0.1, 0.15) is 36.6 Å². The largest absolute Gasteiger partial charge is 0.335 e. The van der Waals surface area contributed by atoms with Gasteiger partial charge in [-0.1, -0.05) is 36.8 Å². The van der Waals surface area contributed by atoms with Crippen molar-refractivity contribution in [3.05, 3.63) is 62.6 Å². The summed E-state index contributed by atoms with van der Waals surface area (Å²) in [4.78, 5) is 34.9. The quantitative estimate of drug-likeness (QED) is 0.752. The predicted molar refractivity (Wildman–Crippen MR) is 107 cm³/mol. The Labute approximate surface area is 162 Å². The first-order valence-electron chi connectivity index (χ1n) is 9.98. The topological polar surface area (TPSA) is 75.9 Å². The van der Waals surface area contributed by atoms with Crippen molar-refractivity contribution in [3.63, 3.8) is 0 Å². The zero-order chi connectivity index (χ0) is 19.4. The SMILES string of the molecule is Cn1c(=O)c2[nH]c(CN3CC(c4ccccc4)C4CCCC43)nc2n(C)c1=O. The maximum absolute atomic E-state index is 12.4. The van der Waals surface area contributed by atoms with E-state index >= 15 is 0 Å². The fourth-order valence-electron chi connectivity index (χ4n) is 5.29. The molecular weight excluding hydrogens is 354 g/mol. The van der Waals surface area contributed by atoms with Crippen LogP contribution in [0.4, 0.5) is 0 Å². The lowest BCUT2D eigenvalue weighted by Gasteiger charge is -2.22. The van der Waals surface area contributed by atoms with E-state index in [0.29, 0.717) is 35.6 Å². The third-order valence-corrected chi connectivity index (χ3v) is 6.67. The predicted octanol–water partition coefficient (Wildman–Crippen LogP) is 1.73. The number of fused-ring (bicyclic) bond motifs is 2. The van der Waals surface area contributed by atoms with E-state index in [0.717, 1.165) is 16.9 Å². The normalized spacial score (nSPS) is 24.9. The van der Waals surface area contributed by atoms with Gasteiger partial charge in [-0.2, -0.15) is 0 Å². The summed E-state index contributed by atoms with van der Waals surface area (Å²) in [5.74, 6) is 1.99. The molecule has 3 heterocycles. The van der Waals surface area contributed by atoms with Gasteiger partial charge < -0.3 is 4.98 Å². The van der Waals surface area contributed by atoms with Gasteiger partial charge in [0.25, 0.3) is 5.56 Å². The molecular formula is C21H25N5O2. The number of aryl methyl sites for hydroxylation is 1. The van der Waals surface area contributed by atoms with Crippen molar-refractivity contribution in [2.75, 3.05) is 6.54 Å². The van der Waals surface area contributed by atoms with E-state index < -0.39 is 0 Å². The van der Waals surface area contributed by atoms with Gasteiger partial charge in [0, 0.05) is 32.6 Å². The first-order valence-corrected chi connectivity index (χ1v) is 9.98. The smallest absolute Gasteiger partial charge is 0.332 e. The summed E-state index contributed by atoms with van der Waals surface area (Å²) in [5, 5.41) is 0. The highest BCUT2D eigenvalue weighted by molar-refractivity contribution is 5.69. The average Bonchev–Trinajstić information content (AvgIpc) is 3.42. The van der Waals surface area contributed by atoms with Gasteiger partial charge in [-0.15, -0.1) is 0 Å². The van der Waals surface area contributed by atoms with Crippen LogP contribution in [0, 0.1) is 5.92 Å². The zero-order valence-electron chi connectivity index (χ0n) is 16.3. The summed E-state index contributed by atoms with van der Waals surface area (Å²) < 4.78 is 2.56. The van der Waals surface area contributed by atoms with Gasteiger partial charge in [0.15, 0.2) is 5.65 Å². The molecule has 3 unspecified atom stereocenters. The molecule has 0 bridgehead atoms. The summed E-state index contributed by atoms with van der Waals surface area (Å²) in [6.07, 6.45) is 3.76. The molecule has 1 saturated carbocycles. The van der Waals surface area contributed by atoms with E-state index in [1.54, 1.807) is 7.05 Å². The van der Waals surface area contributed by atoms with Crippen LogP contribution in [0.15, 0.2) is 39.9 Å². The number of hydrogen-bond donors (Lipinski definition) is 1. The Bertz CT molecular complexity index is 1140. The third kappa shape index (κ3) is 2.57. The zero-order valence-corrected chi connectivity index (χ0v) is 16.3. The van der Waals surface area contributed by atoms with Gasteiger partial charge in [-0.05, 0) is 24.3 Å². The molecule has 2 aliphatic rings. The van der Waals surface area contributed by atoms with E-state index in [9.17, 15) is 9.59 Å². The van der Waals surface area contributed by atoms with E-state index in [4.69, 9.17) is 0 Å². The van der Waals surface area contributed by atoms with Crippen molar-refractivity contribution >= 4 is 11.2 Å². The van der Waals surface area contributed by atoms with Crippen molar-refractivity contribution in [3.8, 4) is 0 Å². The highest BCUT2D eigenvalue weighted by Gasteiger charge is 2.44. The van der Waals surface area contributed by atoms with E-state index in [1.165, 1.54) is 36.4 Å². The van der Waals surface area contributed by atoms with Crippen LogP contribution in [0.3, 0.4) is 0 Å². The molecule has 0 radical (unpaired) electrons. The summed E-state index contributed by atoms with van der Waals surface area (Å²) in [5.41, 5.74) is 1.59. The van der Waals surface area contributed by atoms with Crippen LogP contribution in [0.5, 0.6) is 0 Å². The highest BCUT2D eigenvalue weighted by Crippen LogP contribution is 2.46. The molecule has 1 saturated heterocycles. The van der Waals surface area contributed by atoms with E-state index in [-0.39, 0.29) is 11.2 Å². The standard InChI is InChI=1S/C21H25N5O2/c1-24-19-18(20(27)25(2)21(24)28)22-17(23-19)12-26-11-15(13-7-4-3-5-8-13)14-9-6-10-16(14)26/h3-5,7-8,14-16H,6,9-12H2,1-2H3,(H,22,23). The molecule has 7 nitrogen and oxygen atoms in total. The van der Waals surface area contributed by atoms with Crippen molar-refractivity contribution in [2.24, 2.45) is 20.0 Å². The van der Waals surface area contributed by atoms with E-state index in [2.05, 4.69) is 45.2 Å². The summed E-state index contributed by atoms with van der Waals surface area (Å²) in [6.45, 7) is 1.68. The number of aromatic nitrogens is 4. The molecule has 146 valence electrons. The second-order valence-corrected chi connectivity index (χ2v) is 8.20. The monoisotopic (exact) mass is 379 g/mol. The molecule has 1 aliphatic carbocycles. The Hall–Kier alpha value is -2.67. The molecule has 1 N–H and O–H groups in total. The van der Waals surface area contributed by atoms with Crippen LogP contribution in [-0.2, 0) is 20.6 Å². The van der Waals surface area contributed by atoms with Gasteiger partial charge in [-0.25, -0.2) is 9.78 Å². The molecule has 0 spiro atoms. The number of likely N-dealkylation sites (tertiary alicyclic amines) is 1. The summed E-state index contributed by atoms with van der Waals surface area (Å²) in [6, 6.07) is 11.4. The molecule has 28 heavy (non-hydrogen) atoms. The fourth-order valence-corrected chi connectivity index (χ4v) is 5.29. The van der Waals surface area contributed by atoms with Crippen LogP contribution in [-0.4, -0.2) is 36.6 Å². The Morgan fingerprint density at radius 3 is 2.68 bits per heavy atom.